The summed E-state index contributed by atoms with van der Waals surface area (Å²) in [4.78, 5) is 13.7. The van der Waals surface area contributed by atoms with Crippen molar-refractivity contribution in [2.24, 2.45) is 11.3 Å². The fourth-order valence-electron chi connectivity index (χ4n) is 2.99. The zero-order valence-corrected chi connectivity index (χ0v) is 12.8. The van der Waals surface area contributed by atoms with Crippen molar-refractivity contribution in [2.75, 3.05) is 20.2 Å². The number of phenols is 1. The van der Waals surface area contributed by atoms with Gasteiger partial charge in [-0.2, -0.15) is 0 Å². The van der Waals surface area contributed by atoms with Crippen molar-refractivity contribution in [1.29, 1.82) is 0 Å². The maximum atomic E-state index is 11.6. The molecule has 116 valence electrons. The van der Waals surface area contributed by atoms with E-state index in [1.807, 2.05) is 19.9 Å². The van der Waals surface area contributed by atoms with E-state index in [-0.39, 0.29) is 11.7 Å². The van der Waals surface area contributed by atoms with Crippen LogP contribution in [0, 0.1) is 11.3 Å². The Morgan fingerprint density at radius 3 is 2.67 bits per heavy atom. The van der Waals surface area contributed by atoms with Gasteiger partial charge in [-0.15, -0.1) is 0 Å². The standard InChI is InChI=1S/C16H23NO4/c1-11(2)16(15(19)20)6-7-17(10-16)9-12-4-5-13(21-3)8-14(12)18/h4-5,8,11,18H,6-7,9-10H2,1-3H3,(H,19,20). The van der Waals surface area contributed by atoms with Crippen molar-refractivity contribution in [3.63, 3.8) is 0 Å². The maximum absolute atomic E-state index is 11.6. The lowest BCUT2D eigenvalue weighted by molar-refractivity contribution is -0.151. The first kappa shape index (κ1) is 15.6. The number of methoxy groups -OCH3 is 1. The van der Waals surface area contributed by atoms with E-state index in [2.05, 4.69) is 4.90 Å². The molecule has 1 heterocycles. The van der Waals surface area contributed by atoms with Gasteiger partial charge < -0.3 is 14.9 Å². The summed E-state index contributed by atoms with van der Waals surface area (Å²) in [5.74, 6) is 0.162. The average Bonchev–Trinajstić information content (AvgIpc) is 2.86. The Labute approximate surface area is 125 Å². The van der Waals surface area contributed by atoms with Gasteiger partial charge in [0.2, 0.25) is 0 Å². The lowest BCUT2D eigenvalue weighted by Crippen LogP contribution is -2.39. The Morgan fingerprint density at radius 2 is 2.19 bits per heavy atom. The van der Waals surface area contributed by atoms with Gasteiger partial charge in [-0.05, 0) is 24.9 Å². The lowest BCUT2D eigenvalue weighted by Gasteiger charge is -2.29. The summed E-state index contributed by atoms with van der Waals surface area (Å²) >= 11 is 0. The number of carboxylic acid groups (broad SMARTS) is 1. The van der Waals surface area contributed by atoms with Crippen LogP contribution >= 0.6 is 0 Å². The largest absolute Gasteiger partial charge is 0.507 e. The molecule has 1 aromatic carbocycles. The number of benzene rings is 1. The van der Waals surface area contributed by atoms with Crippen LogP contribution in [0.5, 0.6) is 11.5 Å². The molecular weight excluding hydrogens is 270 g/mol. The molecule has 0 aromatic heterocycles. The summed E-state index contributed by atoms with van der Waals surface area (Å²) in [5, 5.41) is 19.6. The van der Waals surface area contributed by atoms with Gasteiger partial charge in [-0.25, -0.2) is 0 Å². The highest BCUT2D eigenvalue weighted by Crippen LogP contribution is 2.39. The van der Waals surface area contributed by atoms with E-state index in [1.165, 1.54) is 0 Å². The molecule has 1 atom stereocenters. The number of rotatable bonds is 5. The van der Waals surface area contributed by atoms with Crippen molar-refractivity contribution in [1.82, 2.24) is 4.90 Å². The monoisotopic (exact) mass is 293 g/mol. The summed E-state index contributed by atoms with van der Waals surface area (Å²) in [6.07, 6.45) is 0.650. The second kappa shape index (κ2) is 5.93. The van der Waals surface area contributed by atoms with E-state index in [1.54, 1.807) is 19.2 Å². The highest BCUT2D eigenvalue weighted by atomic mass is 16.5. The van der Waals surface area contributed by atoms with E-state index in [4.69, 9.17) is 4.74 Å². The Bertz CT molecular complexity index is 529. The highest BCUT2D eigenvalue weighted by Gasteiger charge is 2.47. The van der Waals surface area contributed by atoms with Crippen LogP contribution in [0.1, 0.15) is 25.8 Å². The van der Waals surface area contributed by atoms with Gasteiger partial charge in [-0.3, -0.25) is 9.69 Å². The van der Waals surface area contributed by atoms with E-state index >= 15 is 0 Å². The van der Waals surface area contributed by atoms with Crippen molar-refractivity contribution in [3.8, 4) is 11.5 Å². The second-order valence-corrected chi connectivity index (χ2v) is 6.07. The molecule has 5 heteroatoms. The molecule has 1 aliphatic rings. The topological polar surface area (TPSA) is 70.0 Å². The molecule has 0 spiro atoms. The van der Waals surface area contributed by atoms with Crippen molar-refractivity contribution in [3.05, 3.63) is 23.8 Å². The van der Waals surface area contributed by atoms with Crippen LogP contribution in [0.25, 0.3) is 0 Å². The number of aliphatic carboxylic acids is 1. The lowest BCUT2D eigenvalue weighted by atomic mass is 9.76. The summed E-state index contributed by atoms with van der Waals surface area (Å²) in [6.45, 7) is 5.73. The minimum atomic E-state index is -0.723. The Morgan fingerprint density at radius 1 is 1.48 bits per heavy atom. The number of likely N-dealkylation sites (tertiary alicyclic amines) is 1. The first-order valence-corrected chi connectivity index (χ1v) is 7.20. The van der Waals surface area contributed by atoms with E-state index in [9.17, 15) is 15.0 Å². The number of carboxylic acids is 1. The minimum Gasteiger partial charge on any atom is -0.507 e. The number of hydrogen-bond donors (Lipinski definition) is 2. The van der Waals surface area contributed by atoms with Gasteiger partial charge in [0.1, 0.15) is 11.5 Å². The molecule has 0 saturated carbocycles. The van der Waals surface area contributed by atoms with Gasteiger partial charge in [-0.1, -0.05) is 19.9 Å². The van der Waals surface area contributed by atoms with Crippen LogP contribution in [-0.2, 0) is 11.3 Å². The molecule has 2 N–H and O–H groups in total. The number of ether oxygens (including phenoxy) is 1. The van der Waals surface area contributed by atoms with Crippen LogP contribution in [0.4, 0.5) is 0 Å². The minimum absolute atomic E-state index is 0.0875. The van der Waals surface area contributed by atoms with Crippen LogP contribution in [-0.4, -0.2) is 41.3 Å². The van der Waals surface area contributed by atoms with E-state index < -0.39 is 11.4 Å². The quantitative estimate of drug-likeness (QED) is 0.872. The first-order chi connectivity index (χ1) is 9.89. The molecule has 1 aliphatic heterocycles. The SMILES string of the molecule is COc1ccc(CN2CCC(C(=O)O)(C(C)C)C2)c(O)c1. The fourth-order valence-corrected chi connectivity index (χ4v) is 2.99. The van der Waals surface area contributed by atoms with Gasteiger partial charge >= 0.3 is 5.97 Å². The molecular formula is C16H23NO4. The summed E-state index contributed by atoms with van der Waals surface area (Å²) < 4.78 is 5.06. The number of hydrogen-bond acceptors (Lipinski definition) is 4. The van der Waals surface area contributed by atoms with Crippen molar-refractivity contribution >= 4 is 5.97 Å². The Balaban J connectivity index is 2.11. The van der Waals surface area contributed by atoms with Crippen molar-refractivity contribution in [2.45, 2.75) is 26.8 Å². The van der Waals surface area contributed by atoms with Gasteiger partial charge in [0.25, 0.3) is 0 Å². The number of phenolic OH excluding ortho intramolecular Hbond substituents is 1. The molecule has 0 aliphatic carbocycles. The van der Waals surface area contributed by atoms with Crippen LogP contribution in [0.15, 0.2) is 18.2 Å². The predicted octanol–water partition coefficient (Wildman–Crippen LogP) is 2.33. The third kappa shape index (κ3) is 2.97. The maximum Gasteiger partial charge on any atom is 0.311 e. The highest BCUT2D eigenvalue weighted by molar-refractivity contribution is 5.75. The molecule has 1 fully saturated rings. The van der Waals surface area contributed by atoms with Gasteiger partial charge in [0.05, 0.1) is 12.5 Å². The predicted molar refractivity (Wildman–Crippen MR) is 79.5 cm³/mol. The van der Waals surface area contributed by atoms with Crippen molar-refractivity contribution < 1.29 is 19.7 Å². The third-order valence-corrected chi connectivity index (χ3v) is 4.60. The molecule has 0 radical (unpaired) electrons. The molecule has 1 unspecified atom stereocenters. The third-order valence-electron chi connectivity index (χ3n) is 4.60. The normalized spacial score (nSPS) is 22.7. The molecule has 1 aromatic rings. The Hall–Kier alpha value is -1.75. The summed E-state index contributed by atoms with van der Waals surface area (Å²) in [5.41, 5.74) is 0.114. The van der Waals surface area contributed by atoms with Crippen LogP contribution in [0.3, 0.4) is 0 Å². The molecule has 21 heavy (non-hydrogen) atoms. The zero-order valence-electron chi connectivity index (χ0n) is 12.8. The van der Waals surface area contributed by atoms with E-state index in [0.717, 1.165) is 12.1 Å². The van der Waals surface area contributed by atoms with Gasteiger partial charge in [0, 0.05) is 24.7 Å². The Kier molecular flexibility index (Phi) is 4.42. The first-order valence-electron chi connectivity index (χ1n) is 7.20. The smallest absolute Gasteiger partial charge is 0.311 e. The zero-order chi connectivity index (χ0) is 15.6. The number of carbonyl (C=O) groups is 1. The molecule has 5 nitrogen and oxygen atoms in total. The van der Waals surface area contributed by atoms with Gasteiger partial charge in [0.15, 0.2) is 0 Å². The van der Waals surface area contributed by atoms with E-state index in [0.29, 0.717) is 25.3 Å². The number of aromatic hydroxyl groups is 1. The number of nitrogens with zero attached hydrogens (tertiary/aromatic N) is 1. The molecule has 0 amide bonds. The summed E-state index contributed by atoms with van der Waals surface area (Å²) in [6, 6.07) is 5.21. The fraction of sp³-hybridized carbons (Fsp3) is 0.562. The summed E-state index contributed by atoms with van der Waals surface area (Å²) in [7, 11) is 1.55. The molecule has 1 saturated heterocycles. The molecule has 2 rings (SSSR count). The van der Waals surface area contributed by atoms with Crippen LogP contribution < -0.4 is 4.74 Å². The average molecular weight is 293 g/mol. The van der Waals surface area contributed by atoms with Crippen LogP contribution in [0.2, 0.25) is 0 Å². The molecule has 0 bridgehead atoms. The second-order valence-electron chi connectivity index (χ2n) is 6.07.